The van der Waals surface area contributed by atoms with Gasteiger partial charge in [-0.3, -0.25) is 0 Å². The van der Waals surface area contributed by atoms with Crippen LogP contribution in [0.4, 0.5) is 22.0 Å². The van der Waals surface area contributed by atoms with E-state index in [1.54, 1.807) is 20.8 Å². The molecule has 0 unspecified atom stereocenters. The molecule has 304 valence electrons. The smallest absolute Gasteiger partial charge is 0.328 e. The molecule has 9 heteroatoms. The van der Waals surface area contributed by atoms with Gasteiger partial charge in [0.15, 0.2) is 0 Å². The zero-order valence-corrected chi connectivity index (χ0v) is 38.5. The molecule has 0 spiro atoms. The quantitative estimate of drug-likeness (QED) is 0.0671. The first kappa shape index (κ1) is 54.6. The minimum atomic E-state index is -2.42. The monoisotopic (exact) mass is 791 g/mol. The van der Waals surface area contributed by atoms with Gasteiger partial charge >= 0.3 is 18.9 Å². The Bertz CT molecular complexity index is 895. The molecule has 3 aliphatic carbocycles. The Labute approximate surface area is 339 Å². The van der Waals surface area contributed by atoms with Crippen molar-refractivity contribution in [1.82, 2.24) is 0 Å². The molecule has 0 radical (unpaired) electrons. The Kier molecular flexibility index (Phi) is 33.1. The molecule has 3 saturated carbocycles. The fraction of sp³-hybridized carbons (Fsp3) is 0.884. The number of alkyl halides is 1. The van der Waals surface area contributed by atoms with Crippen LogP contribution in [-0.4, -0.2) is 21.5 Å². The molecule has 3 aliphatic rings. The molecule has 0 N–H and O–H groups in total. The third-order valence-electron chi connectivity index (χ3n) is 13.0. The van der Waals surface area contributed by atoms with Gasteiger partial charge in [-0.1, -0.05) is 150 Å². The van der Waals surface area contributed by atoms with Crippen molar-refractivity contribution in [3.8, 4) is 0 Å². The predicted octanol–water partition coefficient (Wildman–Crippen LogP) is 14.7. The standard InChI is InChI=1S/C17H32F2Si.C9H17Cl.C9H17.C8H15F3Si.Li/c1-5-9-14-10-12-15(13-11-14)16(18)17(19)20(6-2,7-3)8-4;1-2-3-8-4-6-9(10)7-5-8;1-2-6-9-7-4-3-5-8-9;1-4-12(5-2,6-3)8(11)7(9)10;/h14-15H,5-13H2,1-4H3;8-9H,2-7H2,1H3;3,9H,2,4-8H2,1H3;4-6H2,1-3H3;/q;;-1;;+1/b17-16-;;;;. The Hall–Kier alpha value is 0.451. The predicted molar refractivity (Wildman–Crippen MR) is 222 cm³/mol. The molecule has 0 aliphatic heterocycles. The van der Waals surface area contributed by atoms with E-state index in [-0.39, 0.29) is 36.1 Å². The van der Waals surface area contributed by atoms with Gasteiger partial charge in [-0.15, -0.1) is 11.6 Å². The van der Waals surface area contributed by atoms with Gasteiger partial charge in [0, 0.05) is 11.3 Å². The topological polar surface area (TPSA) is 0 Å². The Morgan fingerprint density at radius 2 is 0.827 bits per heavy atom. The molecule has 0 aromatic heterocycles. The summed E-state index contributed by atoms with van der Waals surface area (Å²) in [7, 11) is -4.58. The number of allylic oxidation sites excluding steroid dienone is 1. The van der Waals surface area contributed by atoms with E-state index in [2.05, 4.69) is 27.2 Å². The van der Waals surface area contributed by atoms with Gasteiger partial charge in [-0.2, -0.15) is 21.6 Å². The third-order valence-corrected chi connectivity index (χ3v) is 23.8. The second kappa shape index (κ2) is 31.5. The van der Waals surface area contributed by atoms with Crippen LogP contribution < -0.4 is 18.9 Å². The van der Waals surface area contributed by atoms with Gasteiger partial charge in [0.1, 0.15) is 32.9 Å². The molecule has 52 heavy (non-hydrogen) atoms. The summed E-state index contributed by atoms with van der Waals surface area (Å²) in [6.07, 6.45) is 23.2. The zero-order chi connectivity index (χ0) is 38.9. The first-order chi connectivity index (χ1) is 24.3. The SMILES string of the molecule is CCCC1CCC(/C(F)=C(\F)[Si](CC)(CC)CC)CC1.CCCC1CCC(Cl)CC1.CCCC1CC[CH-]CC1.CC[Si](CC)(CC)C(F)=C(F)F.[Li+]. The molecule has 0 saturated heterocycles. The van der Waals surface area contributed by atoms with Crippen molar-refractivity contribution in [3.63, 3.8) is 0 Å². The van der Waals surface area contributed by atoms with E-state index in [4.69, 9.17) is 11.6 Å². The third kappa shape index (κ3) is 19.5. The van der Waals surface area contributed by atoms with Crippen LogP contribution in [0, 0.1) is 30.1 Å². The molecule has 0 heterocycles. The Morgan fingerprint density at radius 3 is 1.13 bits per heavy atom. The van der Waals surface area contributed by atoms with Crippen LogP contribution in [0.15, 0.2) is 22.8 Å². The van der Waals surface area contributed by atoms with Crippen molar-refractivity contribution in [2.75, 3.05) is 0 Å². The zero-order valence-electron chi connectivity index (χ0n) is 35.7. The number of hydrogen-bond donors (Lipinski definition) is 0. The molecule has 0 aromatic rings. The van der Waals surface area contributed by atoms with Crippen molar-refractivity contribution in [2.45, 2.75) is 220 Å². The molecule has 0 nitrogen and oxygen atoms in total. The number of halogens is 6. The minimum absolute atomic E-state index is 0. The van der Waals surface area contributed by atoms with Gasteiger partial charge in [0.25, 0.3) is 6.08 Å². The van der Waals surface area contributed by atoms with Crippen molar-refractivity contribution in [2.24, 2.45) is 23.7 Å². The van der Waals surface area contributed by atoms with Gasteiger partial charge in [0.2, 0.25) is 0 Å². The molecular weight excluding hydrogens is 710 g/mol. The molecule has 0 amide bonds. The fourth-order valence-electron chi connectivity index (χ4n) is 8.69. The average molecular weight is 792 g/mol. The van der Waals surface area contributed by atoms with Crippen molar-refractivity contribution in [1.29, 1.82) is 0 Å². The summed E-state index contributed by atoms with van der Waals surface area (Å²) in [5.74, 6) is 2.33. The second-order valence-corrected chi connectivity index (χ2v) is 26.8. The molecular formula is C43H81ClF5LiSi2. The minimum Gasteiger partial charge on any atom is -0.328 e. The van der Waals surface area contributed by atoms with E-state index in [1.165, 1.54) is 89.9 Å². The van der Waals surface area contributed by atoms with E-state index >= 15 is 0 Å². The molecule has 3 fully saturated rings. The van der Waals surface area contributed by atoms with Crippen molar-refractivity contribution < 1.29 is 40.8 Å². The maximum absolute atomic E-state index is 14.7. The molecule has 0 aromatic carbocycles. The maximum Gasteiger partial charge on any atom is 1.00 e. The Balaban J connectivity index is 0. The average Bonchev–Trinajstić information content (AvgIpc) is 3.16. The van der Waals surface area contributed by atoms with Gasteiger partial charge < -0.3 is 6.42 Å². The molecule has 0 atom stereocenters. The fourth-order valence-corrected chi connectivity index (χ4v) is 14.9. The maximum atomic E-state index is 14.7. The van der Waals surface area contributed by atoms with E-state index in [1.807, 2.05) is 20.8 Å². The van der Waals surface area contributed by atoms with Crippen LogP contribution >= 0.6 is 11.6 Å². The number of hydrogen-bond acceptors (Lipinski definition) is 0. The Morgan fingerprint density at radius 1 is 0.500 bits per heavy atom. The van der Waals surface area contributed by atoms with Gasteiger partial charge in [0.05, 0.1) is 0 Å². The largest absolute Gasteiger partial charge is 1.00 e. The van der Waals surface area contributed by atoms with Crippen LogP contribution in [0.3, 0.4) is 0 Å². The van der Waals surface area contributed by atoms with Crippen LogP contribution in [0.1, 0.15) is 178 Å². The van der Waals surface area contributed by atoms with E-state index in [0.717, 1.165) is 61.6 Å². The van der Waals surface area contributed by atoms with Crippen LogP contribution in [0.2, 0.25) is 36.3 Å². The first-order valence-corrected chi connectivity index (χ1v) is 27.2. The first-order valence-electron chi connectivity index (χ1n) is 21.6. The van der Waals surface area contributed by atoms with Gasteiger partial charge in [-0.25, -0.2) is 13.2 Å². The van der Waals surface area contributed by atoms with E-state index < -0.39 is 27.7 Å². The van der Waals surface area contributed by atoms with Crippen molar-refractivity contribution >= 4 is 27.7 Å². The molecule has 3 rings (SSSR count). The number of rotatable bonds is 15. The summed E-state index contributed by atoms with van der Waals surface area (Å²) in [4.78, 5) is 0. The summed E-state index contributed by atoms with van der Waals surface area (Å²) in [5, 5.41) is 0.494. The van der Waals surface area contributed by atoms with Crippen LogP contribution in [-0.2, 0) is 0 Å². The normalized spacial score (nSPS) is 22.9. The summed E-state index contributed by atoms with van der Waals surface area (Å²) >= 11 is 5.98. The van der Waals surface area contributed by atoms with Gasteiger partial charge in [-0.05, 0) is 69.1 Å². The summed E-state index contributed by atoms with van der Waals surface area (Å²) < 4.78 is 66.4. The summed E-state index contributed by atoms with van der Waals surface area (Å²) in [6, 6.07) is 4.15. The van der Waals surface area contributed by atoms with Crippen LogP contribution in [0.5, 0.6) is 0 Å². The summed E-state index contributed by atoms with van der Waals surface area (Å²) in [6.45, 7) is 18.2. The summed E-state index contributed by atoms with van der Waals surface area (Å²) in [5.41, 5.74) is -1.39. The van der Waals surface area contributed by atoms with Crippen LogP contribution in [0.25, 0.3) is 0 Å². The second-order valence-electron chi connectivity index (χ2n) is 15.9. The van der Waals surface area contributed by atoms with E-state index in [9.17, 15) is 22.0 Å². The van der Waals surface area contributed by atoms with Crippen molar-refractivity contribution in [3.05, 3.63) is 29.2 Å². The van der Waals surface area contributed by atoms with E-state index in [0.29, 0.717) is 23.5 Å². The molecule has 0 bridgehead atoms.